The summed E-state index contributed by atoms with van der Waals surface area (Å²) in [5.41, 5.74) is 9.20. The second-order valence-electron chi connectivity index (χ2n) is 6.14. The maximum Gasteiger partial charge on any atom is 0.129 e. The summed E-state index contributed by atoms with van der Waals surface area (Å²) in [4.78, 5) is 7.04. The SMILES string of the molecule is C=C(C)CN(CC)c1cc(CN)cc(C(C)(C)C)n1. The molecule has 0 unspecified atom stereocenters. The molecule has 0 saturated carbocycles. The molecule has 1 heterocycles. The van der Waals surface area contributed by atoms with Gasteiger partial charge >= 0.3 is 0 Å². The number of pyridine rings is 1. The van der Waals surface area contributed by atoms with Crippen molar-refractivity contribution in [2.24, 2.45) is 5.73 Å². The summed E-state index contributed by atoms with van der Waals surface area (Å²) in [7, 11) is 0. The van der Waals surface area contributed by atoms with Gasteiger partial charge in [-0.25, -0.2) is 4.98 Å². The molecule has 0 aliphatic rings. The fraction of sp³-hybridized carbons (Fsp3) is 0.562. The predicted molar refractivity (Wildman–Crippen MR) is 83.5 cm³/mol. The van der Waals surface area contributed by atoms with Crippen molar-refractivity contribution >= 4 is 5.82 Å². The van der Waals surface area contributed by atoms with Crippen LogP contribution in [0.3, 0.4) is 0 Å². The van der Waals surface area contributed by atoms with E-state index in [2.05, 4.69) is 51.3 Å². The molecule has 3 heteroatoms. The van der Waals surface area contributed by atoms with Crippen molar-refractivity contribution in [3.63, 3.8) is 0 Å². The lowest BCUT2D eigenvalue weighted by Gasteiger charge is -2.26. The van der Waals surface area contributed by atoms with E-state index in [1.807, 2.05) is 6.92 Å². The van der Waals surface area contributed by atoms with Crippen molar-refractivity contribution in [1.82, 2.24) is 4.98 Å². The Hall–Kier alpha value is -1.35. The first kappa shape index (κ1) is 15.7. The molecule has 2 N–H and O–H groups in total. The van der Waals surface area contributed by atoms with Crippen LogP contribution in [0.5, 0.6) is 0 Å². The molecule has 1 aromatic heterocycles. The van der Waals surface area contributed by atoms with Gasteiger partial charge in [-0.15, -0.1) is 0 Å². The zero-order valence-electron chi connectivity index (χ0n) is 13.0. The van der Waals surface area contributed by atoms with Crippen molar-refractivity contribution in [3.8, 4) is 0 Å². The Labute approximate surface area is 117 Å². The Kier molecular flexibility index (Phi) is 5.12. The summed E-state index contributed by atoms with van der Waals surface area (Å²) < 4.78 is 0. The van der Waals surface area contributed by atoms with Crippen LogP contribution in [0.2, 0.25) is 0 Å². The van der Waals surface area contributed by atoms with Crippen molar-refractivity contribution in [3.05, 3.63) is 35.5 Å². The average molecular weight is 261 g/mol. The average Bonchev–Trinajstić information content (AvgIpc) is 2.34. The molecule has 0 bridgehead atoms. The van der Waals surface area contributed by atoms with Gasteiger partial charge in [-0.2, -0.15) is 0 Å². The van der Waals surface area contributed by atoms with Gasteiger partial charge in [0.15, 0.2) is 0 Å². The first-order chi connectivity index (χ1) is 8.77. The standard InChI is InChI=1S/C16H27N3/c1-7-19(11-12(2)3)15-9-13(10-17)8-14(18-15)16(4,5)6/h8-9H,2,7,10-11,17H2,1,3-6H3. The highest BCUT2D eigenvalue weighted by atomic mass is 15.2. The number of hydrogen-bond acceptors (Lipinski definition) is 3. The lowest BCUT2D eigenvalue weighted by Crippen LogP contribution is -2.27. The largest absolute Gasteiger partial charge is 0.353 e. The molecular weight excluding hydrogens is 234 g/mol. The van der Waals surface area contributed by atoms with Crippen LogP contribution in [0, 0.1) is 0 Å². The van der Waals surface area contributed by atoms with Crippen molar-refractivity contribution < 1.29 is 0 Å². The molecular formula is C16H27N3. The molecule has 1 aromatic rings. The Bertz CT molecular complexity index is 444. The molecule has 106 valence electrons. The van der Waals surface area contributed by atoms with Crippen LogP contribution >= 0.6 is 0 Å². The first-order valence-electron chi connectivity index (χ1n) is 6.88. The molecule has 3 nitrogen and oxygen atoms in total. The molecule has 19 heavy (non-hydrogen) atoms. The third kappa shape index (κ3) is 4.35. The first-order valence-corrected chi connectivity index (χ1v) is 6.88. The molecule has 0 atom stereocenters. The van der Waals surface area contributed by atoms with Gasteiger partial charge in [-0.1, -0.05) is 32.9 Å². The molecule has 0 radical (unpaired) electrons. The molecule has 0 amide bonds. The minimum atomic E-state index is 0.0303. The number of nitrogens with zero attached hydrogens (tertiary/aromatic N) is 2. The summed E-state index contributed by atoms with van der Waals surface area (Å²) in [6.07, 6.45) is 0. The third-order valence-electron chi connectivity index (χ3n) is 3.04. The molecule has 0 fully saturated rings. The lowest BCUT2D eigenvalue weighted by molar-refractivity contribution is 0.567. The summed E-state index contributed by atoms with van der Waals surface area (Å²) in [6, 6.07) is 4.19. The van der Waals surface area contributed by atoms with Gasteiger partial charge in [0.1, 0.15) is 5.82 Å². The van der Waals surface area contributed by atoms with Crippen LogP contribution in [-0.4, -0.2) is 18.1 Å². The maximum atomic E-state index is 5.81. The van der Waals surface area contributed by atoms with Crippen LogP contribution in [0.1, 0.15) is 45.9 Å². The molecule has 0 saturated heterocycles. The van der Waals surface area contributed by atoms with E-state index in [1.165, 1.54) is 0 Å². The van der Waals surface area contributed by atoms with Crippen LogP contribution < -0.4 is 10.6 Å². The van der Waals surface area contributed by atoms with Gasteiger partial charge in [0, 0.05) is 30.7 Å². The van der Waals surface area contributed by atoms with E-state index in [1.54, 1.807) is 0 Å². The Morgan fingerprint density at radius 1 is 1.37 bits per heavy atom. The molecule has 0 aromatic carbocycles. The number of rotatable bonds is 5. The zero-order chi connectivity index (χ0) is 14.6. The fourth-order valence-electron chi connectivity index (χ4n) is 1.92. The number of anilines is 1. The van der Waals surface area contributed by atoms with E-state index in [-0.39, 0.29) is 5.41 Å². The van der Waals surface area contributed by atoms with E-state index in [9.17, 15) is 0 Å². The van der Waals surface area contributed by atoms with Crippen molar-refractivity contribution in [2.75, 3.05) is 18.0 Å². The highest BCUT2D eigenvalue weighted by Gasteiger charge is 2.18. The second-order valence-corrected chi connectivity index (χ2v) is 6.14. The van der Waals surface area contributed by atoms with Crippen LogP contribution in [0.4, 0.5) is 5.82 Å². The van der Waals surface area contributed by atoms with Gasteiger partial charge in [0.2, 0.25) is 0 Å². The number of likely N-dealkylation sites (N-methyl/N-ethyl adjacent to an activating group) is 1. The summed E-state index contributed by atoms with van der Waals surface area (Å²) in [5, 5.41) is 0. The summed E-state index contributed by atoms with van der Waals surface area (Å²) in [5.74, 6) is 0.998. The van der Waals surface area contributed by atoms with E-state index in [4.69, 9.17) is 10.7 Å². The van der Waals surface area contributed by atoms with Gasteiger partial charge < -0.3 is 10.6 Å². The molecule has 1 rings (SSSR count). The number of hydrogen-bond donors (Lipinski definition) is 1. The minimum Gasteiger partial charge on any atom is -0.353 e. The smallest absolute Gasteiger partial charge is 0.129 e. The predicted octanol–water partition coefficient (Wildman–Crippen LogP) is 3.24. The monoisotopic (exact) mass is 261 g/mol. The van der Waals surface area contributed by atoms with Crippen molar-refractivity contribution in [2.45, 2.75) is 46.6 Å². The lowest BCUT2D eigenvalue weighted by atomic mass is 9.90. The quantitative estimate of drug-likeness (QED) is 0.827. The molecule has 0 aliphatic carbocycles. The topological polar surface area (TPSA) is 42.1 Å². The number of aromatic nitrogens is 1. The maximum absolute atomic E-state index is 5.81. The Morgan fingerprint density at radius 3 is 2.42 bits per heavy atom. The van der Waals surface area contributed by atoms with Crippen LogP contribution in [0.25, 0.3) is 0 Å². The molecule has 0 aliphatic heterocycles. The van der Waals surface area contributed by atoms with Gasteiger partial charge in [-0.3, -0.25) is 0 Å². The van der Waals surface area contributed by atoms with Gasteiger partial charge in [0.25, 0.3) is 0 Å². The summed E-state index contributed by atoms with van der Waals surface area (Å²) >= 11 is 0. The van der Waals surface area contributed by atoms with Gasteiger partial charge in [-0.05, 0) is 31.5 Å². The normalized spacial score (nSPS) is 11.5. The Balaban J connectivity index is 3.22. The highest BCUT2D eigenvalue weighted by Crippen LogP contribution is 2.25. The Morgan fingerprint density at radius 2 is 2.00 bits per heavy atom. The number of nitrogens with two attached hydrogens (primary N) is 1. The van der Waals surface area contributed by atoms with E-state index >= 15 is 0 Å². The highest BCUT2D eigenvalue weighted by molar-refractivity contribution is 5.45. The molecule has 0 spiro atoms. The van der Waals surface area contributed by atoms with E-state index in [0.717, 1.165) is 35.7 Å². The minimum absolute atomic E-state index is 0.0303. The van der Waals surface area contributed by atoms with E-state index < -0.39 is 0 Å². The van der Waals surface area contributed by atoms with Gasteiger partial charge in [0.05, 0.1) is 0 Å². The fourth-order valence-corrected chi connectivity index (χ4v) is 1.92. The third-order valence-corrected chi connectivity index (χ3v) is 3.04. The van der Waals surface area contributed by atoms with Crippen molar-refractivity contribution in [1.29, 1.82) is 0 Å². The van der Waals surface area contributed by atoms with E-state index in [0.29, 0.717) is 6.54 Å². The summed E-state index contributed by atoms with van der Waals surface area (Å²) in [6.45, 7) is 17.0. The van der Waals surface area contributed by atoms with Crippen LogP contribution in [-0.2, 0) is 12.0 Å². The zero-order valence-corrected chi connectivity index (χ0v) is 13.0. The second kappa shape index (κ2) is 6.20. The van der Waals surface area contributed by atoms with Crippen LogP contribution in [0.15, 0.2) is 24.3 Å².